The summed E-state index contributed by atoms with van der Waals surface area (Å²) >= 11 is 0. The van der Waals surface area contributed by atoms with Crippen LogP contribution >= 0.6 is 0 Å². The number of aromatic nitrogens is 3. The molecule has 0 atom stereocenters. The van der Waals surface area contributed by atoms with Crippen LogP contribution in [0.1, 0.15) is 26.6 Å². The van der Waals surface area contributed by atoms with E-state index < -0.39 is 0 Å². The van der Waals surface area contributed by atoms with Crippen molar-refractivity contribution in [3.05, 3.63) is 12.2 Å². The molecule has 2 rings (SSSR count). The highest BCUT2D eigenvalue weighted by atomic mass is 16.5. The monoisotopic (exact) mass is 238 g/mol. The lowest BCUT2D eigenvalue weighted by Crippen LogP contribution is -2.41. The molecule has 0 N–H and O–H groups in total. The first-order chi connectivity index (χ1) is 7.96. The van der Waals surface area contributed by atoms with Gasteiger partial charge in [-0.3, -0.25) is 4.79 Å². The summed E-state index contributed by atoms with van der Waals surface area (Å²) < 4.78 is 7.45. The fourth-order valence-corrected chi connectivity index (χ4v) is 1.65. The smallest absolute Gasteiger partial charge is 0.249 e. The Morgan fingerprint density at radius 3 is 2.94 bits per heavy atom. The molecule has 0 saturated carbocycles. The van der Waals surface area contributed by atoms with Gasteiger partial charge in [0, 0.05) is 13.1 Å². The second kappa shape index (κ2) is 4.44. The van der Waals surface area contributed by atoms with Crippen LogP contribution in [-0.4, -0.2) is 44.3 Å². The minimum absolute atomic E-state index is 0.00850. The zero-order valence-electron chi connectivity index (χ0n) is 10.5. The van der Waals surface area contributed by atoms with Crippen LogP contribution in [0, 0.1) is 0 Å². The maximum absolute atomic E-state index is 11.9. The summed E-state index contributed by atoms with van der Waals surface area (Å²) in [6, 6.07) is 0. The topological polar surface area (TPSA) is 60.2 Å². The molecule has 0 fully saturated rings. The average molecular weight is 238 g/mol. The SMILES string of the molecule is CC(C)(C)OCC(=O)N1CCn2cnnc2C1. The van der Waals surface area contributed by atoms with E-state index >= 15 is 0 Å². The predicted molar refractivity (Wildman–Crippen MR) is 61.1 cm³/mol. The van der Waals surface area contributed by atoms with Gasteiger partial charge in [0.2, 0.25) is 5.91 Å². The molecule has 1 amide bonds. The summed E-state index contributed by atoms with van der Waals surface area (Å²) in [5, 5.41) is 7.80. The first kappa shape index (κ1) is 12.0. The highest BCUT2D eigenvalue weighted by Gasteiger charge is 2.23. The third-order valence-electron chi connectivity index (χ3n) is 2.62. The first-order valence-corrected chi connectivity index (χ1v) is 5.74. The Kier molecular flexibility index (Phi) is 3.15. The van der Waals surface area contributed by atoms with Gasteiger partial charge in [0.1, 0.15) is 12.9 Å². The third kappa shape index (κ3) is 3.03. The zero-order chi connectivity index (χ0) is 12.5. The molecule has 17 heavy (non-hydrogen) atoms. The van der Waals surface area contributed by atoms with Gasteiger partial charge in [-0.2, -0.15) is 0 Å². The molecule has 1 aromatic heterocycles. The van der Waals surface area contributed by atoms with Crippen LogP contribution in [0.4, 0.5) is 0 Å². The molecule has 0 aromatic carbocycles. The van der Waals surface area contributed by atoms with E-state index in [1.807, 2.05) is 25.3 Å². The number of fused-ring (bicyclic) bond motifs is 1. The van der Waals surface area contributed by atoms with Crippen LogP contribution in [0.15, 0.2) is 6.33 Å². The average Bonchev–Trinajstić information content (AvgIpc) is 2.71. The number of carbonyl (C=O) groups is 1. The molecule has 0 spiro atoms. The van der Waals surface area contributed by atoms with Crippen molar-refractivity contribution in [3.8, 4) is 0 Å². The van der Waals surface area contributed by atoms with Crippen molar-refractivity contribution in [1.82, 2.24) is 19.7 Å². The van der Waals surface area contributed by atoms with E-state index in [0.717, 1.165) is 12.4 Å². The quantitative estimate of drug-likeness (QED) is 0.750. The first-order valence-electron chi connectivity index (χ1n) is 5.74. The lowest BCUT2D eigenvalue weighted by atomic mass is 10.2. The molecule has 0 saturated heterocycles. The Morgan fingerprint density at radius 2 is 2.24 bits per heavy atom. The van der Waals surface area contributed by atoms with Crippen LogP contribution in [0.5, 0.6) is 0 Å². The van der Waals surface area contributed by atoms with Crippen molar-refractivity contribution in [3.63, 3.8) is 0 Å². The standard InChI is InChI=1S/C11H18N4O2/c1-11(2,3)17-7-10(16)14-4-5-15-8-12-13-9(15)6-14/h8H,4-7H2,1-3H3. The fraction of sp³-hybridized carbons (Fsp3) is 0.727. The van der Waals surface area contributed by atoms with E-state index in [1.54, 1.807) is 11.2 Å². The van der Waals surface area contributed by atoms with Gasteiger partial charge in [-0.05, 0) is 20.8 Å². The van der Waals surface area contributed by atoms with Gasteiger partial charge in [0.15, 0.2) is 5.82 Å². The number of ether oxygens (including phenoxy) is 1. The van der Waals surface area contributed by atoms with Crippen LogP contribution < -0.4 is 0 Å². The minimum Gasteiger partial charge on any atom is -0.366 e. The summed E-state index contributed by atoms with van der Waals surface area (Å²) in [5.41, 5.74) is -0.286. The van der Waals surface area contributed by atoms with E-state index in [-0.39, 0.29) is 18.1 Å². The Hall–Kier alpha value is -1.43. The molecular weight excluding hydrogens is 220 g/mol. The summed E-state index contributed by atoms with van der Waals surface area (Å²) in [4.78, 5) is 13.7. The summed E-state index contributed by atoms with van der Waals surface area (Å²) in [7, 11) is 0. The number of amides is 1. The second-order valence-corrected chi connectivity index (χ2v) is 5.16. The van der Waals surface area contributed by atoms with E-state index in [2.05, 4.69) is 10.2 Å². The number of nitrogens with zero attached hydrogens (tertiary/aromatic N) is 4. The molecule has 0 bridgehead atoms. The normalized spacial score (nSPS) is 15.8. The Bertz CT molecular complexity index is 408. The van der Waals surface area contributed by atoms with Crippen LogP contribution in [-0.2, 0) is 22.6 Å². The maximum atomic E-state index is 11.9. The van der Waals surface area contributed by atoms with E-state index in [0.29, 0.717) is 13.1 Å². The molecule has 0 aliphatic carbocycles. The zero-order valence-corrected chi connectivity index (χ0v) is 10.5. The molecular formula is C11H18N4O2. The van der Waals surface area contributed by atoms with Crippen LogP contribution in [0.25, 0.3) is 0 Å². The summed E-state index contributed by atoms with van der Waals surface area (Å²) in [6.07, 6.45) is 1.70. The van der Waals surface area contributed by atoms with Gasteiger partial charge in [-0.25, -0.2) is 0 Å². The van der Waals surface area contributed by atoms with Crippen LogP contribution in [0.2, 0.25) is 0 Å². The fourth-order valence-electron chi connectivity index (χ4n) is 1.65. The number of hydrogen-bond acceptors (Lipinski definition) is 4. The second-order valence-electron chi connectivity index (χ2n) is 5.16. The van der Waals surface area contributed by atoms with Crippen molar-refractivity contribution >= 4 is 5.91 Å². The van der Waals surface area contributed by atoms with Crippen LogP contribution in [0.3, 0.4) is 0 Å². The molecule has 1 aliphatic rings. The third-order valence-corrected chi connectivity index (χ3v) is 2.62. The van der Waals surface area contributed by atoms with Gasteiger partial charge in [-0.15, -0.1) is 10.2 Å². The van der Waals surface area contributed by atoms with Gasteiger partial charge in [0.05, 0.1) is 12.1 Å². The molecule has 94 valence electrons. The summed E-state index contributed by atoms with van der Waals surface area (Å²) in [5.74, 6) is 0.842. The number of rotatable bonds is 2. The molecule has 1 aromatic rings. The largest absolute Gasteiger partial charge is 0.366 e. The summed E-state index contributed by atoms with van der Waals surface area (Å²) in [6.45, 7) is 7.90. The maximum Gasteiger partial charge on any atom is 0.249 e. The highest BCUT2D eigenvalue weighted by Crippen LogP contribution is 2.11. The Morgan fingerprint density at radius 1 is 1.47 bits per heavy atom. The molecule has 2 heterocycles. The molecule has 6 nitrogen and oxygen atoms in total. The van der Waals surface area contributed by atoms with Crippen molar-refractivity contribution in [2.75, 3.05) is 13.2 Å². The van der Waals surface area contributed by atoms with Gasteiger partial charge in [-0.1, -0.05) is 0 Å². The van der Waals surface area contributed by atoms with E-state index in [9.17, 15) is 4.79 Å². The molecule has 0 radical (unpaired) electrons. The van der Waals surface area contributed by atoms with Gasteiger partial charge >= 0.3 is 0 Å². The predicted octanol–water partition coefficient (Wildman–Crippen LogP) is 0.435. The lowest BCUT2D eigenvalue weighted by molar-refractivity contribution is -0.142. The van der Waals surface area contributed by atoms with Gasteiger partial charge in [0.25, 0.3) is 0 Å². The Balaban J connectivity index is 1.90. The molecule has 6 heteroatoms. The van der Waals surface area contributed by atoms with Crippen molar-refractivity contribution in [2.24, 2.45) is 0 Å². The van der Waals surface area contributed by atoms with Crippen molar-refractivity contribution in [1.29, 1.82) is 0 Å². The highest BCUT2D eigenvalue weighted by molar-refractivity contribution is 5.77. The lowest BCUT2D eigenvalue weighted by Gasteiger charge is -2.28. The Labute approximate surface area is 101 Å². The minimum atomic E-state index is -0.286. The van der Waals surface area contributed by atoms with Crippen molar-refractivity contribution in [2.45, 2.75) is 39.5 Å². The van der Waals surface area contributed by atoms with Gasteiger partial charge < -0.3 is 14.2 Å². The molecule has 1 aliphatic heterocycles. The van der Waals surface area contributed by atoms with E-state index in [4.69, 9.17) is 4.74 Å². The number of hydrogen-bond donors (Lipinski definition) is 0. The molecule has 0 unspecified atom stereocenters. The van der Waals surface area contributed by atoms with Crippen molar-refractivity contribution < 1.29 is 9.53 Å². The number of carbonyl (C=O) groups excluding carboxylic acids is 1. The van der Waals surface area contributed by atoms with E-state index in [1.165, 1.54) is 0 Å².